The molecular weight excluding hydrogens is 428 g/mol. The maximum absolute atomic E-state index is 12.8. The third-order valence-corrected chi connectivity index (χ3v) is 7.77. The fraction of sp³-hybridized carbons (Fsp3) is 0.368. The Hall–Kier alpha value is -2.30. The largest absolute Gasteiger partial charge is 0.365 e. The normalized spacial score (nSPS) is 13.4. The van der Waals surface area contributed by atoms with Crippen molar-refractivity contribution in [3.8, 4) is 0 Å². The number of aromatic amines is 1. The number of fused-ring (bicyclic) bond motifs is 2. The molecule has 0 atom stereocenters. The topological polar surface area (TPSA) is 110 Å². The molecule has 0 bridgehead atoms. The van der Waals surface area contributed by atoms with Crippen molar-refractivity contribution in [2.45, 2.75) is 45.6 Å². The quantitative estimate of drug-likeness (QED) is 0.520. The van der Waals surface area contributed by atoms with Gasteiger partial charge in [0.1, 0.15) is 16.4 Å². The number of H-pyrrole nitrogens is 1. The molecule has 0 fully saturated rings. The first-order chi connectivity index (χ1) is 13.9. The Balaban J connectivity index is 1.64. The predicted octanol–water partition coefficient (Wildman–Crippen LogP) is 3.36. The number of carbonyl (C=O) groups excluding carboxylic acids is 2. The Morgan fingerprint density at radius 2 is 2.07 bits per heavy atom. The van der Waals surface area contributed by atoms with Gasteiger partial charge in [0.05, 0.1) is 10.9 Å². The maximum Gasteiger partial charge on any atom is 0.263 e. The van der Waals surface area contributed by atoms with Crippen LogP contribution in [0.5, 0.6) is 0 Å². The Labute approximate surface area is 179 Å². The van der Waals surface area contributed by atoms with Crippen molar-refractivity contribution in [3.63, 3.8) is 0 Å². The molecule has 0 radical (unpaired) electrons. The highest BCUT2D eigenvalue weighted by Gasteiger charge is 2.25. The molecule has 0 aliphatic heterocycles. The Morgan fingerprint density at radius 3 is 2.79 bits per heavy atom. The highest BCUT2D eigenvalue weighted by molar-refractivity contribution is 7.71. The number of aromatic nitrogens is 2. The first kappa shape index (κ1) is 20.0. The SMILES string of the molecule is CCc1cc2c(=O)n(CC(=O)Nc3sc4c(c3C(N)=O)CCCC4)c(=S)[nH]c2s1. The minimum absolute atomic E-state index is 0.197. The minimum atomic E-state index is -0.541. The standard InChI is InChI=1S/C19H20N4O3S3/c1-2-9-7-11-16(28-9)22-19(27)23(18(11)26)8-13(24)21-17-14(15(20)25)10-5-3-4-6-12(10)29-17/h7H,2-6,8H2,1H3,(H2,20,25)(H,21,24)(H,22,27). The van der Waals surface area contributed by atoms with E-state index in [9.17, 15) is 14.4 Å². The van der Waals surface area contributed by atoms with E-state index >= 15 is 0 Å². The average Bonchev–Trinajstić information content (AvgIpc) is 3.25. The molecule has 0 saturated carbocycles. The Morgan fingerprint density at radius 1 is 1.31 bits per heavy atom. The molecule has 3 heterocycles. The minimum Gasteiger partial charge on any atom is -0.365 e. The lowest BCUT2D eigenvalue weighted by Gasteiger charge is -2.11. The summed E-state index contributed by atoms with van der Waals surface area (Å²) in [6.07, 6.45) is 4.56. The second kappa shape index (κ2) is 7.85. The van der Waals surface area contributed by atoms with Crippen LogP contribution in [0.2, 0.25) is 0 Å². The summed E-state index contributed by atoms with van der Waals surface area (Å²) >= 11 is 8.18. The molecule has 1 aliphatic carbocycles. The molecule has 2 amide bonds. The van der Waals surface area contributed by atoms with Crippen molar-refractivity contribution in [2.24, 2.45) is 5.73 Å². The summed E-state index contributed by atoms with van der Waals surface area (Å²) in [6, 6.07) is 1.83. The number of aryl methyl sites for hydroxylation is 2. The maximum atomic E-state index is 12.8. The number of hydrogen-bond acceptors (Lipinski definition) is 6. The number of rotatable bonds is 5. The zero-order valence-electron chi connectivity index (χ0n) is 15.8. The summed E-state index contributed by atoms with van der Waals surface area (Å²) < 4.78 is 1.44. The fourth-order valence-corrected chi connectivity index (χ4v) is 6.25. The number of amides is 2. The second-order valence-corrected chi connectivity index (χ2v) is 9.59. The molecule has 0 spiro atoms. The summed E-state index contributed by atoms with van der Waals surface area (Å²) in [5.41, 5.74) is 6.63. The van der Waals surface area contributed by atoms with E-state index < -0.39 is 11.8 Å². The van der Waals surface area contributed by atoms with Gasteiger partial charge in [-0.1, -0.05) is 6.92 Å². The van der Waals surface area contributed by atoms with Crippen molar-refractivity contribution < 1.29 is 9.59 Å². The highest BCUT2D eigenvalue weighted by Crippen LogP contribution is 2.37. The van der Waals surface area contributed by atoms with Crippen LogP contribution in [0.3, 0.4) is 0 Å². The van der Waals surface area contributed by atoms with Gasteiger partial charge in [0.2, 0.25) is 5.91 Å². The van der Waals surface area contributed by atoms with Crippen LogP contribution in [0, 0.1) is 4.77 Å². The molecule has 4 N–H and O–H groups in total. The summed E-state index contributed by atoms with van der Waals surface area (Å²) in [5.74, 6) is -0.959. The van der Waals surface area contributed by atoms with Crippen molar-refractivity contribution in [1.29, 1.82) is 0 Å². The average molecular weight is 449 g/mol. The van der Waals surface area contributed by atoms with Crippen molar-refractivity contribution >= 4 is 61.9 Å². The van der Waals surface area contributed by atoms with Gasteiger partial charge in [0.25, 0.3) is 11.5 Å². The van der Waals surface area contributed by atoms with Crippen LogP contribution in [-0.2, 0) is 30.6 Å². The van der Waals surface area contributed by atoms with Gasteiger partial charge in [-0.2, -0.15) is 0 Å². The summed E-state index contributed by atoms with van der Waals surface area (Å²) in [7, 11) is 0. The van der Waals surface area contributed by atoms with E-state index in [2.05, 4.69) is 10.3 Å². The van der Waals surface area contributed by atoms with Gasteiger partial charge in [0, 0.05) is 9.75 Å². The van der Waals surface area contributed by atoms with E-state index in [1.165, 1.54) is 27.2 Å². The number of nitrogens with one attached hydrogen (secondary N) is 2. The zero-order chi connectivity index (χ0) is 20.7. The number of primary amides is 1. The van der Waals surface area contributed by atoms with Gasteiger partial charge >= 0.3 is 0 Å². The van der Waals surface area contributed by atoms with Crippen LogP contribution < -0.4 is 16.6 Å². The van der Waals surface area contributed by atoms with Crippen LogP contribution in [0.15, 0.2) is 10.9 Å². The number of thiophene rings is 2. The Bertz CT molecular complexity index is 1250. The van der Waals surface area contributed by atoms with E-state index in [4.69, 9.17) is 18.0 Å². The van der Waals surface area contributed by atoms with Crippen LogP contribution in [0.4, 0.5) is 5.00 Å². The van der Waals surface area contributed by atoms with Gasteiger partial charge in [-0.15, -0.1) is 22.7 Å². The second-order valence-electron chi connectivity index (χ2n) is 6.96. The summed E-state index contributed by atoms with van der Waals surface area (Å²) in [6.45, 7) is 1.78. The third-order valence-electron chi connectivity index (χ3n) is 5.05. The molecule has 0 aromatic carbocycles. The molecule has 4 rings (SSSR count). The van der Waals surface area contributed by atoms with Crippen molar-refractivity contribution in [2.75, 3.05) is 5.32 Å². The van der Waals surface area contributed by atoms with E-state index in [1.54, 1.807) is 0 Å². The molecular formula is C19H20N4O3S3. The van der Waals surface area contributed by atoms with E-state index in [1.807, 2.05) is 13.0 Å². The lowest BCUT2D eigenvalue weighted by Crippen LogP contribution is -2.29. The Kier molecular flexibility index (Phi) is 5.41. The van der Waals surface area contributed by atoms with Crippen LogP contribution >= 0.6 is 34.9 Å². The first-order valence-electron chi connectivity index (χ1n) is 9.38. The van der Waals surface area contributed by atoms with E-state index in [0.717, 1.165) is 52.3 Å². The summed E-state index contributed by atoms with van der Waals surface area (Å²) in [5, 5.41) is 3.76. The molecule has 3 aromatic rings. The van der Waals surface area contributed by atoms with Gasteiger partial charge in [-0.05, 0) is 56.0 Å². The lowest BCUT2D eigenvalue weighted by atomic mass is 9.95. The molecule has 0 unspecified atom stereocenters. The zero-order valence-corrected chi connectivity index (χ0v) is 18.2. The molecule has 0 saturated heterocycles. The third kappa shape index (κ3) is 3.67. The highest BCUT2D eigenvalue weighted by atomic mass is 32.1. The van der Waals surface area contributed by atoms with E-state index in [0.29, 0.717) is 16.0 Å². The molecule has 7 nitrogen and oxygen atoms in total. The lowest BCUT2D eigenvalue weighted by molar-refractivity contribution is -0.116. The van der Waals surface area contributed by atoms with E-state index in [-0.39, 0.29) is 16.9 Å². The van der Waals surface area contributed by atoms with Crippen molar-refractivity contribution in [3.05, 3.63) is 42.1 Å². The van der Waals surface area contributed by atoms with Gasteiger partial charge in [-0.3, -0.25) is 19.0 Å². The van der Waals surface area contributed by atoms with Gasteiger partial charge in [-0.25, -0.2) is 0 Å². The van der Waals surface area contributed by atoms with Crippen molar-refractivity contribution in [1.82, 2.24) is 9.55 Å². The monoisotopic (exact) mass is 448 g/mol. The molecule has 10 heteroatoms. The number of carbonyl (C=O) groups is 2. The molecule has 1 aliphatic rings. The van der Waals surface area contributed by atoms with Crippen LogP contribution in [-0.4, -0.2) is 21.4 Å². The molecule has 152 valence electrons. The van der Waals surface area contributed by atoms with Crippen LogP contribution in [0.1, 0.15) is 45.4 Å². The molecule has 3 aromatic heterocycles. The fourth-order valence-electron chi connectivity index (χ4n) is 3.64. The number of hydrogen-bond donors (Lipinski definition) is 3. The van der Waals surface area contributed by atoms with Crippen LogP contribution in [0.25, 0.3) is 10.2 Å². The smallest absolute Gasteiger partial charge is 0.263 e. The molecule has 29 heavy (non-hydrogen) atoms. The number of nitrogens with two attached hydrogens (primary N) is 1. The summed E-state index contributed by atoms with van der Waals surface area (Å²) in [4.78, 5) is 43.4. The van der Waals surface area contributed by atoms with Gasteiger partial charge in [0.15, 0.2) is 4.77 Å². The predicted molar refractivity (Wildman–Crippen MR) is 119 cm³/mol. The number of anilines is 1. The first-order valence-corrected chi connectivity index (χ1v) is 11.4. The number of nitrogens with zero attached hydrogens (tertiary/aromatic N) is 1. The van der Waals surface area contributed by atoms with Gasteiger partial charge < -0.3 is 16.0 Å².